The first-order valence-corrected chi connectivity index (χ1v) is 8.89. The summed E-state index contributed by atoms with van der Waals surface area (Å²) < 4.78 is 38.5. The minimum absolute atomic E-state index is 0.00542. The quantitative estimate of drug-likeness (QED) is 0.628. The van der Waals surface area contributed by atoms with Crippen LogP contribution in [0.1, 0.15) is 21.7 Å². The van der Waals surface area contributed by atoms with Gasteiger partial charge in [-0.3, -0.25) is 10.1 Å². The van der Waals surface area contributed by atoms with Crippen molar-refractivity contribution in [2.45, 2.75) is 13.1 Å². The van der Waals surface area contributed by atoms with Gasteiger partial charge >= 0.3 is 6.18 Å². The number of rotatable bonds is 3. The van der Waals surface area contributed by atoms with Crippen LogP contribution in [0.15, 0.2) is 29.6 Å². The summed E-state index contributed by atoms with van der Waals surface area (Å²) in [6.07, 6.45) is -4.55. The smallest absolute Gasteiger partial charge is 0.298 e. The number of carbonyl (C=O) groups excluding carboxylic acids is 1. The molecule has 0 saturated heterocycles. The second-order valence-corrected chi connectivity index (χ2v) is 7.50. The SMILES string of the molecule is Cc1nc(C(F)(F)F)ccc1C(=O)Nc1nc(-c2ccc(Cl)s2)cs1. The van der Waals surface area contributed by atoms with Crippen LogP contribution >= 0.6 is 34.3 Å². The van der Waals surface area contributed by atoms with E-state index in [0.29, 0.717) is 15.2 Å². The van der Waals surface area contributed by atoms with Gasteiger partial charge in [0.15, 0.2) is 5.13 Å². The number of halogens is 4. The van der Waals surface area contributed by atoms with Crippen molar-refractivity contribution < 1.29 is 18.0 Å². The van der Waals surface area contributed by atoms with Crippen LogP contribution in [0.3, 0.4) is 0 Å². The zero-order valence-corrected chi connectivity index (χ0v) is 14.9. The van der Waals surface area contributed by atoms with Crippen LogP contribution in [0.25, 0.3) is 10.6 Å². The van der Waals surface area contributed by atoms with E-state index >= 15 is 0 Å². The van der Waals surface area contributed by atoms with Crippen LogP contribution < -0.4 is 5.32 Å². The standard InChI is InChI=1S/C15H9ClF3N3OS2/c1-7-8(2-4-11(20-7)15(17,18)19)13(23)22-14-21-9(6-24-14)10-3-5-12(16)25-10/h2-6H,1H3,(H,21,22,23). The number of alkyl halides is 3. The molecule has 130 valence electrons. The first-order valence-electron chi connectivity index (χ1n) is 6.81. The number of hydrogen-bond acceptors (Lipinski definition) is 5. The molecule has 0 spiro atoms. The number of nitrogens with one attached hydrogen (secondary N) is 1. The molecule has 0 aliphatic rings. The summed E-state index contributed by atoms with van der Waals surface area (Å²) in [5.74, 6) is -0.566. The summed E-state index contributed by atoms with van der Waals surface area (Å²) in [6, 6.07) is 5.45. The Labute approximate surface area is 153 Å². The maximum atomic E-state index is 12.6. The molecule has 10 heteroatoms. The van der Waals surface area contributed by atoms with Crippen molar-refractivity contribution in [2.24, 2.45) is 0 Å². The van der Waals surface area contributed by atoms with Gasteiger partial charge in [-0.2, -0.15) is 13.2 Å². The summed E-state index contributed by atoms with van der Waals surface area (Å²) in [6.45, 7) is 1.35. The number of pyridine rings is 1. The molecule has 4 nitrogen and oxygen atoms in total. The maximum absolute atomic E-state index is 12.6. The van der Waals surface area contributed by atoms with Crippen molar-refractivity contribution in [3.8, 4) is 10.6 Å². The van der Waals surface area contributed by atoms with Crippen LogP contribution in [-0.2, 0) is 6.18 Å². The number of hydrogen-bond donors (Lipinski definition) is 1. The molecule has 0 aliphatic carbocycles. The van der Waals surface area contributed by atoms with E-state index in [0.717, 1.165) is 17.0 Å². The second-order valence-electron chi connectivity index (χ2n) is 4.92. The zero-order chi connectivity index (χ0) is 18.2. The highest BCUT2D eigenvalue weighted by molar-refractivity contribution is 7.20. The summed E-state index contributed by atoms with van der Waals surface area (Å²) in [5.41, 5.74) is -0.315. The molecule has 0 unspecified atom stereocenters. The summed E-state index contributed by atoms with van der Waals surface area (Å²) in [5, 5.41) is 4.67. The fourth-order valence-electron chi connectivity index (χ4n) is 2.02. The molecule has 0 aromatic carbocycles. The van der Waals surface area contributed by atoms with E-state index in [1.807, 2.05) is 6.07 Å². The summed E-state index contributed by atoms with van der Waals surface area (Å²) in [4.78, 5) is 20.8. The van der Waals surface area contributed by atoms with Crippen LogP contribution in [0, 0.1) is 6.92 Å². The lowest BCUT2D eigenvalue weighted by atomic mass is 10.1. The van der Waals surface area contributed by atoms with Gasteiger partial charge in [-0.05, 0) is 31.2 Å². The fourth-order valence-corrected chi connectivity index (χ4v) is 3.80. The van der Waals surface area contributed by atoms with Crippen LogP contribution in [0.5, 0.6) is 0 Å². The number of aromatic nitrogens is 2. The van der Waals surface area contributed by atoms with Crippen molar-refractivity contribution >= 4 is 45.3 Å². The molecule has 25 heavy (non-hydrogen) atoms. The van der Waals surface area contributed by atoms with E-state index in [2.05, 4.69) is 15.3 Å². The Hall–Kier alpha value is -1.97. The van der Waals surface area contributed by atoms with E-state index < -0.39 is 17.8 Å². The average molecular weight is 404 g/mol. The average Bonchev–Trinajstić information content (AvgIpc) is 3.15. The van der Waals surface area contributed by atoms with Gasteiger partial charge in [0.1, 0.15) is 5.69 Å². The predicted octanol–water partition coefficient (Wildman–Crippen LogP) is 5.50. The molecule has 0 radical (unpaired) electrons. The van der Waals surface area contributed by atoms with Gasteiger partial charge in [-0.1, -0.05) is 11.6 Å². The second kappa shape index (κ2) is 6.74. The lowest BCUT2D eigenvalue weighted by molar-refractivity contribution is -0.141. The van der Waals surface area contributed by atoms with Crippen LogP contribution in [0.2, 0.25) is 4.34 Å². The molecular weight excluding hydrogens is 395 g/mol. The van der Waals surface area contributed by atoms with Crippen molar-refractivity contribution in [1.82, 2.24) is 9.97 Å². The van der Waals surface area contributed by atoms with E-state index in [1.54, 1.807) is 11.4 Å². The Morgan fingerprint density at radius 3 is 2.56 bits per heavy atom. The van der Waals surface area contributed by atoms with Crippen LogP contribution in [-0.4, -0.2) is 15.9 Å². The molecule has 3 rings (SSSR count). The third-order valence-electron chi connectivity index (χ3n) is 3.17. The number of nitrogens with zero attached hydrogens (tertiary/aromatic N) is 2. The number of aryl methyl sites for hydroxylation is 1. The number of anilines is 1. The van der Waals surface area contributed by atoms with E-state index in [1.165, 1.54) is 29.6 Å². The van der Waals surface area contributed by atoms with Crippen molar-refractivity contribution in [3.63, 3.8) is 0 Å². The highest BCUT2D eigenvalue weighted by Crippen LogP contribution is 2.33. The Morgan fingerprint density at radius 2 is 1.96 bits per heavy atom. The zero-order valence-electron chi connectivity index (χ0n) is 12.5. The molecule has 3 heterocycles. The lowest BCUT2D eigenvalue weighted by Gasteiger charge is -2.09. The monoisotopic (exact) mass is 403 g/mol. The highest BCUT2D eigenvalue weighted by atomic mass is 35.5. The maximum Gasteiger partial charge on any atom is 0.433 e. The minimum atomic E-state index is -4.55. The fraction of sp³-hybridized carbons (Fsp3) is 0.133. The molecule has 3 aromatic heterocycles. The molecule has 0 atom stereocenters. The van der Waals surface area contributed by atoms with Crippen molar-refractivity contribution in [1.29, 1.82) is 0 Å². The predicted molar refractivity (Wildman–Crippen MR) is 92.4 cm³/mol. The Kier molecular flexibility index (Phi) is 4.81. The van der Waals surface area contributed by atoms with Gasteiger partial charge in [0.2, 0.25) is 0 Å². The number of thiophene rings is 1. The van der Waals surface area contributed by atoms with Gasteiger partial charge < -0.3 is 0 Å². The first kappa shape index (κ1) is 17.8. The minimum Gasteiger partial charge on any atom is -0.298 e. The number of carbonyl (C=O) groups is 1. The molecule has 0 bridgehead atoms. The molecule has 1 amide bonds. The van der Waals surface area contributed by atoms with Crippen LogP contribution in [0.4, 0.5) is 18.3 Å². The lowest BCUT2D eigenvalue weighted by Crippen LogP contribution is -2.16. The van der Waals surface area contributed by atoms with Gasteiger partial charge in [-0.15, -0.1) is 22.7 Å². The molecule has 1 N–H and O–H groups in total. The first-order chi connectivity index (χ1) is 11.7. The van der Waals surface area contributed by atoms with E-state index in [4.69, 9.17) is 11.6 Å². The third-order valence-corrected chi connectivity index (χ3v) is 5.18. The van der Waals surface area contributed by atoms with Gasteiger partial charge in [0, 0.05) is 5.38 Å². The molecule has 0 fully saturated rings. The topological polar surface area (TPSA) is 54.9 Å². The van der Waals surface area contributed by atoms with Gasteiger partial charge in [0.25, 0.3) is 5.91 Å². The van der Waals surface area contributed by atoms with E-state index in [9.17, 15) is 18.0 Å². The molecule has 0 saturated carbocycles. The largest absolute Gasteiger partial charge is 0.433 e. The number of thiazole rings is 1. The summed E-state index contributed by atoms with van der Waals surface area (Å²) in [7, 11) is 0. The van der Waals surface area contributed by atoms with E-state index in [-0.39, 0.29) is 11.3 Å². The van der Waals surface area contributed by atoms with Crippen molar-refractivity contribution in [3.05, 3.63) is 50.9 Å². The van der Waals surface area contributed by atoms with Gasteiger partial charge in [0.05, 0.1) is 26.2 Å². The summed E-state index contributed by atoms with van der Waals surface area (Å²) >= 11 is 8.45. The molecular formula is C15H9ClF3N3OS2. The Morgan fingerprint density at radius 1 is 1.20 bits per heavy atom. The molecule has 0 aliphatic heterocycles. The Bertz CT molecular complexity index is 936. The third kappa shape index (κ3) is 4.00. The molecule has 3 aromatic rings. The van der Waals surface area contributed by atoms with Crippen molar-refractivity contribution in [2.75, 3.05) is 5.32 Å². The Balaban J connectivity index is 1.78. The highest BCUT2D eigenvalue weighted by Gasteiger charge is 2.33. The normalized spacial score (nSPS) is 11.6. The van der Waals surface area contributed by atoms with Gasteiger partial charge in [-0.25, -0.2) is 9.97 Å². The number of amides is 1.